The van der Waals surface area contributed by atoms with Gasteiger partial charge in [-0.05, 0) is 32.6 Å². The van der Waals surface area contributed by atoms with Crippen LogP contribution in [0.3, 0.4) is 0 Å². The number of quaternary nitrogens is 1. The lowest BCUT2D eigenvalue weighted by Crippen LogP contribution is -3.08. The molecule has 1 saturated carbocycles. The first-order chi connectivity index (χ1) is 12.0. The SMILES string of the molecule is Cc1ccc(C2c3c(C)nn(C)c3N(CC3CC3)C(=O)C[NH+]2[O-])cc1. The van der Waals surface area contributed by atoms with E-state index in [0.717, 1.165) is 41.0 Å². The quantitative estimate of drug-likeness (QED) is 0.856. The molecule has 0 saturated heterocycles. The van der Waals surface area contributed by atoms with Crippen LogP contribution in [0.15, 0.2) is 24.3 Å². The molecule has 2 unspecified atom stereocenters. The van der Waals surface area contributed by atoms with Gasteiger partial charge in [-0.15, -0.1) is 0 Å². The van der Waals surface area contributed by atoms with Crippen LogP contribution in [0.1, 0.15) is 41.3 Å². The van der Waals surface area contributed by atoms with E-state index in [1.54, 1.807) is 9.58 Å². The Kier molecular flexibility index (Phi) is 3.89. The van der Waals surface area contributed by atoms with Crippen molar-refractivity contribution >= 4 is 11.7 Å². The maximum atomic E-state index is 13.0. The number of hydrogen-bond donors (Lipinski definition) is 1. The summed E-state index contributed by atoms with van der Waals surface area (Å²) >= 11 is 0. The van der Waals surface area contributed by atoms with E-state index in [4.69, 9.17) is 0 Å². The Balaban J connectivity index is 1.86. The highest BCUT2D eigenvalue weighted by molar-refractivity contribution is 5.95. The van der Waals surface area contributed by atoms with Gasteiger partial charge in [-0.2, -0.15) is 5.10 Å². The van der Waals surface area contributed by atoms with Gasteiger partial charge in [0.05, 0.1) is 11.3 Å². The topological polar surface area (TPSA) is 65.6 Å². The summed E-state index contributed by atoms with van der Waals surface area (Å²) in [6, 6.07) is 7.60. The van der Waals surface area contributed by atoms with E-state index in [1.165, 1.54) is 0 Å². The van der Waals surface area contributed by atoms with Crippen LogP contribution in [-0.4, -0.2) is 28.8 Å². The van der Waals surface area contributed by atoms with Crippen LogP contribution in [0, 0.1) is 25.0 Å². The van der Waals surface area contributed by atoms with E-state index >= 15 is 0 Å². The van der Waals surface area contributed by atoms with E-state index in [2.05, 4.69) is 5.10 Å². The molecule has 132 valence electrons. The van der Waals surface area contributed by atoms with Crippen LogP contribution in [0.2, 0.25) is 0 Å². The van der Waals surface area contributed by atoms with Gasteiger partial charge in [0.25, 0.3) is 5.91 Å². The predicted octanol–water partition coefficient (Wildman–Crippen LogP) is 1.27. The van der Waals surface area contributed by atoms with E-state index in [0.29, 0.717) is 12.5 Å². The summed E-state index contributed by atoms with van der Waals surface area (Å²) < 4.78 is 1.77. The number of aryl methyl sites for hydroxylation is 3. The number of carbonyl (C=O) groups excluding carboxylic acids is 1. The smallest absolute Gasteiger partial charge is 0.283 e. The number of hydroxylamine groups is 2. The van der Waals surface area contributed by atoms with Crippen LogP contribution in [-0.2, 0) is 11.8 Å². The fraction of sp³-hybridized carbons (Fsp3) is 0.474. The number of rotatable bonds is 3. The maximum Gasteiger partial charge on any atom is 0.283 e. The van der Waals surface area contributed by atoms with Crippen molar-refractivity contribution in [2.24, 2.45) is 13.0 Å². The second-order valence-electron chi connectivity index (χ2n) is 7.38. The molecular weight excluding hydrogens is 316 g/mol. The summed E-state index contributed by atoms with van der Waals surface area (Å²) in [7, 11) is 1.86. The van der Waals surface area contributed by atoms with Gasteiger partial charge in [-0.25, -0.2) is 0 Å². The molecule has 0 radical (unpaired) electrons. The minimum absolute atomic E-state index is 0.0375. The van der Waals surface area contributed by atoms with Crippen molar-refractivity contribution in [3.05, 3.63) is 51.9 Å². The number of nitrogens with one attached hydrogen (secondary N) is 1. The third-order valence-corrected chi connectivity index (χ3v) is 5.28. The molecule has 2 aliphatic rings. The second kappa shape index (κ2) is 5.97. The summed E-state index contributed by atoms with van der Waals surface area (Å²) in [5.74, 6) is 1.25. The van der Waals surface area contributed by atoms with Crippen molar-refractivity contribution in [1.29, 1.82) is 0 Å². The van der Waals surface area contributed by atoms with Gasteiger partial charge >= 0.3 is 0 Å². The molecule has 1 fully saturated rings. The Labute approximate surface area is 147 Å². The highest BCUT2D eigenvalue weighted by atomic mass is 16.5. The molecule has 25 heavy (non-hydrogen) atoms. The molecule has 2 atom stereocenters. The molecule has 1 aliphatic carbocycles. The monoisotopic (exact) mass is 340 g/mol. The molecule has 2 heterocycles. The van der Waals surface area contributed by atoms with E-state index < -0.39 is 6.04 Å². The maximum absolute atomic E-state index is 13.0. The zero-order chi connectivity index (χ0) is 17.7. The lowest BCUT2D eigenvalue weighted by atomic mass is 9.97. The number of fused-ring (bicyclic) bond motifs is 1. The third kappa shape index (κ3) is 2.85. The van der Waals surface area contributed by atoms with Crippen LogP contribution >= 0.6 is 0 Å². The van der Waals surface area contributed by atoms with Gasteiger partial charge in [-0.1, -0.05) is 29.8 Å². The van der Waals surface area contributed by atoms with Gasteiger partial charge in [0.2, 0.25) is 0 Å². The Morgan fingerprint density at radius 1 is 1.24 bits per heavy atom. The molecule has 6 nitrogen and oxygen atoms in total. The Hall–Kier alpha value is -2.18. The molecule has 1 N–H and O–H groups in total. The number of anilines is 1. The number of aromatic nitrogens is 2. The van der Waals surface area contributed by atoms with Gasteiger partial charge in [0.15, 0.2) is 6.54 Å². The van der Waals surface area contributed by atoms with Crippen molar-refractivity contribution in [2.75, 3.05) is 18.0 Å². The first kappa shape index (κ1) is 16.3. The first-order valence-electron chi connectivity index (χ1n) is 8.89. The van der Waals surface area contributed by atoms with Crippen molar-refractivity contribution in [1.82, 2.24) is 9.78 Å². The average Bonchev–Trinajstić information content (AvgIpc) is 3.34. The summed E-state index contributed by atoms with van der Waals surface area (Å²) in [5, 5.41) is 17.5. The fourth-order valence-corrected chi connectivity index (χ4v) is 3.80. The number of hydrogen-bond acceptors (Lipinski definition) is 3. The third-order valence-electron chi connectivity index (χ3n) is 5.28. The van der Waals surface area contributed by atoms with E-state index in [-0.39, 0.29) is 17.5 Å². The minimum Gasteiger partial charge on any atom is -0.633 e. The first-order valence-corrected chi connectivity index (χ1v) is 8.89. The van der Waals surface area contributed by atoms with Crippen molar-refractivity contribution < 1.29 is 9.86 Å². The number of benzene rings is 1. The van der Waals surface area contributed by atoms with Crippen LogP contribution in [0.4, 0.5) is 5.82 Å². The van der Waals surface area contributed by atoms with Crippen molar-refractivity contribution in [3.63, 3.8) is 0 Å². The largest absolute Gasteiger partial charge is 0.633 e. The molecule has 0 spiro atoms. The molecule has 6 heteroatoms. The summed E-state index contributed by atoms with van der Waals surface area (Å²) in [5.41, 5.74) is 3.81. The molecule has 1 aliphatic heterocycles. The van der Waals surface area contributed by atoms with Crippen LogP contribution < -0.4 is 9.96 Å². The Morgan fingerprint density at radius 3 is 2.56 bits per heavy atom. The van der Waals surface area contributed by atoms with E-state index in [1.807, 2.05) is 45.2 Å². The lowest BCUT2D eigenvalue weighted by Gasteiger charge is -2.29. The zero-order valence-electron chi connectivity index (χ0n) is 15.0. The number of amides is 1. The van der Waals surface area contributed by atoms with Gasteiger partial charge in [0.1, 0.15) is 11.9 Å². The highest BCUT2D eigenvalue weighted by Gasteiger charge is 2.40. The number of nitrogens with zero attached hydrogens (tertiary/aromatic N) is 3. The van der Waals surface area contributed by atoms with Gasteiger partial charge in [0, 0.05) is 19.2 Å². The Morgan fingerprint density at radius 2 is 1.92 bits per heavy atom. The summed E-state index contributed by atoms with van der Waals surface area (Å²) in [4.78, 5) is 14.6. The fourth-order valence-electron chi connectivity index (χ4n) is 3.80. The van der Waals surface area contributed by atoms with Crippen LogP contribution in [0.25, 0.3) is 0 Å². The van der Waals surface area contributed by atoms with E-state index in [9.17, 15) is 10.0 Å². The zero-order valence-corrected chi connectivity index (χ0v) is 15.0. The molecule has 4 rings (SSSR count). The predicted molar refractivity (Wildman–Crippen MR) is 95.2 cm³/mol. The van der Waals surface area contributed by atoms with Crippen LogP contribution in [0.5, 0.6) is 0 Å². The normalized spacial score (nSPS) is 23.5. The molecule has 2 aromatic rings. The second-order valence-corrected chi connectivity index (χ2v) is 7.38. The van der Waals surface area contributed by atoms with Gasteiger partial charge in [-0.3, -0.25) is 14.4 Å². The highest BCUT2D eigenvalue weighted by Crippen LogP contribution is 2.37. The average molecular weight is 340 g/mol. The lowest BCUT2D eigenvalue weighted by molar-refractivity contribution is -0.866. The van der Waals surface area contributed by atoms with Crippen molar-refractivity contribution in [3.8, 4) is 0 Å². The number of carbonyl (C=O) groups is 1. The minimum atomic E-state index is -0.419. The Bertz CT molecular complexity index is 808. The summed E-state index contributed by atoms with van der Waals surface area (Å²) in [6.45, 7) is 4.61. The van der Waals surface area contributed by atoms with Crippen molar-refractivity contribution in [2.45, 2.75) is 32.7 Å². The summed E-state index contributed by atoms with van der Waals surface area (Å²) in [6.07, 6.45) is 2.32. The molecule has 0 bridgehead atoms. The standard InChI is InChI=1S/C19H24N4O2/c1-12-4-8-15(9-5-12)18-17-13(2)20-21(3)19(17)22(10-14-6-7-14)16(24)11-23(18)25/h4-5,8-9,14,18,23H,6-7,10-11H2,1-3H3. The molecule has 1 aromatic carbocycles. The molecule has 1 amide bonds. The molecule has 1 aromatic heterocycles. The van der Waals surface area contributed by atoms with Gasteiger partial charge < -0.3 is 10.3 Å². The molecular formula is C19H24N4O2.